The van der Waals surface area contributed by atoms with Crippen molar-refractivity contribution >= 4 is 17.5 Å². The zero-order valence-corrected chi connectivity index (χ0v) is 15.8. The van der Waals surface area contributed by atoms with E-state index in [9.17, 15) is 9.59 Å². The van der Waals surface area contributed by atoms with Crippen LogP contribution in [0.25, 0.3) is 0 Å². The van der Waals surface area contributed by atoms with Gasteiger partial charge in [-0.05, 0) is 44.0 Å². The van der Waals surface area contributed by atoms with E-state index in [0.717, 1.165) is 17.0 Å². The van der Waals surface area contributed by atoms with Gasteiger partial charge in [0.15, 0.2) is 0 Å². The van der Waals surface area contributed by atoms with Crippen LogP contribution in [-0.2, 0) is 16.0 Å². The van der Waals surface area contributed by atoms with Crippen molar-refractivity contribution in [1.82, 2.24) is 5.32 Å². The van der Waals surface area contributed by atoms with Gasteiger partial charge in [-0.3, -0.25) is 9.59 Å². The zero-order chi connectivity index (χ0) is 19.2. The fourth-order valence-corrected chi connectivity index (χ4v) is 2.73. The van der Waals surface area contributed by atoms with Crippen LogP contribution in [0.4, 0.5) is 5.69 Å². The smallest absolute Gasteiger partial charge is 0.241 e. The van der Waals surface area contributed by atoms with Crippen LogP contribution in [0, 0.1) is 5.41 Å². The Labute approximate surface area is 155 Å². The Morgan fingerprint density at radius 2 is 1.65 bits per heavy atom. The molecule has 138 valence electrons. The second kappa shape index (κ2) is 8.52. The maximum absolute atomic E-state index is 12.8. The quantitative estimate of drug-likeness (QED) is 0.778. The van der Waals surface area contributed by atoms with Crippen molar-refractivity contribution < 1.29 is 14.3 Å². The molecular formula is C21H26N2O3. The molecule has 0 aliphatic heterocycles. The minimum absolute atomic E-state index is 0.251. The fourth-order valence-electron chi connectivity index (χ4n) is 2.73. The minimum Gasteiger partial charge on any atom is -0.496 e. The number of rotatable bonds is 7. The first-order valence-electron chi connectivity index (χ1n) is 8.61. The second-order valence-corrected chi connectivity index (χ2v) is 6.64. The molecule has 0 aromatic heterocycles. The Kier molecular flexibility index (Phi) is 6.39. The number of anilines is 1. The molecule has 0 saturated carbocycles. The minimum atomic E-state index is -1.16. The van der Waals surface area contributed by atoms with Gasteiger partial charge in [0.25, 0.3) is 0 Å². The van der Waals surface area contributed by atoms with Crippen LogP contribution in [-0.4, -0.2) is 32.5 Å². The van der Waals surface area contributed by atoms with Crippen molar-refractivity contribution in [2.45, 2.75) is 20.3 Å². The molecule has 0 radical (unpaired) electrons. The van der Waals surface area contributed by atoms with Crippen molar-refractivity contribution in [3.63, 3.8) is 0 Å². The Hall–Kier alpha value is -2.82. The van der Waals surface area contributed by atoms with E-state index in [0.29, 0.717) is 13.0 Å². The average molecular weight is 354 g/mol. The molecule has 0 aliphatic carbocycles. The molecule has 0 heterocycles. The van der Waals surface area contributed by atoms with E-state index in [1.165, 1.54) is 4.90 Å². The lowest BCUT2D eigenvalue weighted by molar-refractivity contribution is -0.139. The van der Waals surface area contributed by atoms with Crippen molar-refractivity contribution in [2.24, 2.45) is 5.41 Å². The molecule has 2 aromatic carbocycles. The van der Waals surface area contributed by atoms with E-state index in [2.05, 4.69) is 5.32 Å². The Morgan fingerprint density at radius 3 is 2.31 bits per heavy atom. The lowest BCUT2D eigenvalue weighted by Gasteiger charge is -2.28. The predicted octanol–water partition coefficient (Wildman–Crippen LogP) is 3.04. The lowest BCUT2D eigenvalue weighted by Crippen LogP contribution is -2.49. The van der Waals surface area contributed by atoms with Gasteiger partial charge >= 0.3 is 0 Å². The molecule has 0 aliphatic rings. The molecule has 5 nitrogen and oxygen atoms in total. The molecule has 0 bridgehead atoms. The summed E-state index contributed by atoms with van der Waals surface area (Å²) in [6.45, 7) is 3.73. The maximum atomic E-state index is 12.8. The van der Waals surface area contributed by atoms with Gasteiger partial charge in [0.05, 0.1) is 7.11 Å². The molecular weight excluding hydrogens is 328 g/mol. The van der Waals surface area contributed by atoms with E-state index >= 15 is 0 Å². The highest BCUT2D eigenvalue weighted by Crippen LogP contribution is 2.23. The fraction of sp³-hybridized carbons (Fsp3) is 0.333. The van der Waals surface area contributed by atoms with E-state index in [1.54, 1.807) is 28.0 Å². The number of nitrogens with zero attached hydrogens (tertiary/aromatic N) is 1. The summed E-state index contributed by atoms with van der Waals surface area (Å²) < 4.78 is 5.32. The summed E-state index contributed by atoms with van der Waals surface area (Å²) in [6.07, 6.45) is 0.633. The zero-order valence-electron chi connectivity index (χ0n) is 15.8. The predicted molar refractivity (Wildman–Crippen MR) is 103 cm³/mol. The summed E-state index contributed by atoms with van der Waals surface area (Å²) in [5.41, 5.74) is 0.610. The number of ether oxygens (including phenoxy) is 1. The van der Waals surface area contributed by atoms with Crippen molar-refractivity contribution in [3.8, 4) is 5.75 Å². The van der Waals surface area contributed by atoms with E-state index in [1.807, 2.05) is 54.6 Å². The molecule has 0 saturated heterocycles. The van der Waals surface area contributed by atoms with Crippen LogP contribution >= 0.6 is 0 Å². The van der Waals surface area contributed by atoms with Crippen molar-refractivity contribution in [2.75, 3.05) is 25.6 Å². The molecule has 0 fully saturated rings. The topological polar surface area (TPSA) is 58.6 Å². The summed E-state index contributed by atoms with van der Waals surface area (Å²) >= 11 is 0. The van der Waals surface area contributed by atoms with Crippen LogP contribution < -0.4 is 15.0 Å². The standard InChI is InChI=1S/C21H26N2O3/c1-21(2,20(25)23(3)17-11-6-5-7-12-17)19(24)22-15-14-16-10-8-9-13-18(16)26-4/h5-13H,14-15H2,1-4H3,(H,22,24). The maximum Gasteiger partial charge on any atom is 0.241 e. The molecule has 26 heavy (non-hydrogen) atoms. The van der Waals surface area contributed by atoms with Crippen molar-refractivity contribution in [3.05, 3.63) is 60.2 Å². The third-order valence-corrected chi connectivity index (χ3v) is 4.42. The first kappa shape index (κ1) is 19.5. The molecule has 2 aromatic rings. The highest BCUT2D eigenvalue weighted by atomic mass is 16.5. The molecule has 2 rings (SSSR count). The number of hydrogen-bond acceptors (Lipinski definition) is 3. The monoisotopic (exact) mass is 354 g/mol. The third-order valence-electron chi connectivity index (χ3n) is 4.42. The van der Waals surface area contributed by atoms with Gasteiger partial charge in [-0.15, -0.1) is 0 Å². The number of para-hydroxylation sites is 2. The number of benzene rings is 2. The van der Waals surface area contributed by atoms with Gasteiger partial charge in [-0.2, -0.15) is 0 Å². The molecule has 2 amide bonds. The molecule has 0 spiro atoms. The van der Waals surface area contributed by atoms with Crippen LogP contribution in [0.3, 0.4) is 0 Å². The Morgan fingerprint density at radius 1 is 1.04 bits per heavy atom. The van der Waals surface area contributed by atoms with Crippen LogP contribution in [0.5, 0.6) is 5.75 Å². The third kappa shape index (κ3) is 4.42. The van der Waals surface area contributed by atoms with Crippen LogP contribution in [0.2, 0.25) is 0 Å². The average Bonchev–Trinajstić information content (AvgIpc) is 2.67. The summed E-state index contributed by atoms with van der Waals surface area (Å²) in [7, 11) is 3.31. The first-order chi connectivity index (χ1) is 12.4. The Bertz CT molecular complexity index is 757. The highest BCUT2D eigenvalue weighted by molar-refractivity contribution is 6.10. The second-order valence-electron chi connectivity index (χ2n) is 6.64. The van der Waals surface area contributed by atoms with E-state index < -0.39 is 5.41 Å². The highest BCUT2D eigenvalue weighted by Gasteiger charge is 2.38. The summed E-state index contributed by atoms with van der Waals surface area (Å²) in [5, 5.41) is 2.87. The van der Waals surface area contributed by atoms with Crippen LogP contribution in [0.15, 0.2) is 54.6 Å². The Balaban J connectivity index is 1.97. The number of carbonyl (C=O) groups is 2. The summed E-state index contributed by atoms with van der Waals surface area (Å²) in [5.74, 6) is 0.250. The number of hydrogen-bond donors (Lipinski definition) is 1. The number of carbonyl (C=O) groups excluding carboxylic acids is 2. The van der Waals surface area contributed by atoms with Gasteiger partial charge in [-0.1, -0.05) is 36.4 Å². The number of methoxy groups -OCH3 is 1. The van der Waals surface area contributed by atoms with Crippen molar-refractivity contribution in [1.29, 1.82) is 0 Å². The van der Waals surface area contributed by atoms with E-state index in [4.69, 9.17) is 4.74 Å². The number of nitrogens with one attached hydrogen (secondary N) is 1. The number of amides is 2. The van der Waals surface area contributed by atoms with Gasteiger partial charge in [-0.25, -0.2) is 0 Å². The summed E-state index contributed by atoms with van der Waals surface area (Å²) in [6, 6.07) is 17.0. The van der Waals surface area contributed by atoms with E-state index in [-0.39, 0.29) is 11.8 Å². The van der Waals surface area contributed by atoms with Gasteiger partial charge in [0.2, 0.25) is 11.8 Å². The van der Waals surface area contributed by atoms with Crippen LogP contribution in [0.1, 0.15) is 19.4 Å². The van der Waals surface area contributed by atoms with Gasteiger partial charge < -0.3 is 15.0 Å². The lowest BCUT2D eigenvalue weighted by atomic mass is 9.90. The largest absolute Gasteiger partial charge is 0.496 e. The molecule has 0 atom stereocenters. The summed E-state index contributed by atoms with van der Waals surface area (Å²) in [4.78, 5) is 26.9. The molecule has 5 heteroatoms. The normalized spacial score (nSPS) is 10.9. The SMILES string of the molecule is COc1ccccc1CCNC(=O)C(C)(C)C(=O)N(C)c1ccccc1. The molecule has 0 unspecified atom stereocenters. The molecule has 1 N–H and O–H groups in total. The van der Waals surface area contributed by atoms with Gasteiger partial charge in [0.1, 0.15) is 11.2 Å². The first-order valence-corrected chi connectivity index (χ1v) is 8.61. The van der Waals surface area contributed by atoms with Gasteiger partial charge in [0, 0.05) is 19.3 Å².